The lowest BCUT2D eigenvalue weighted by Crippen LogP contribution is -1.73. The molecule has 0 saturated heterocycles. The van der Waals surface area contributed by atoms with Crippen molar-refractivity contribution in [2.24, 2.45) is 0 Å². The van der Waals surface area contributed by atoms with E-state index in [2.05, 4.69) is 4.52 Å². The first kappa shape index (κ1) is 10.3. The predicted octanol–water partition coefficient (Wildman–Crippen LogP) is 2.25. The molecular formula is C3H9O2PS3. The van der Waals surface area contributed by atoms with Crippen molar-refractivity contribution in [3.05, 3.63) is 0 Å². The Hall–Kier alpha value is 1.27. The smallest absolute Gasteiger partial charge is 0.255 e. The molecular weight excluding hydrogens is 195 g/mol. The van der Waals surface area contributed by atoms with Crippen molar-refractivity contribution < 1.29 is 9.42 Å². The fraction of sp³-hybridized carbons (Fsp3) is 1.00. The molecule has 9 heavy (non-hydrogen) atoms. The maximum absolute atomic E-state index is 9.10. The van der Waals surface area contributed by atoms with Gasteiger partial charge in [0.05, 0.1) is 0 Å². The summed E-state index contributed by atoms with van der Waals surface area (Å²) in [5, 5.41) is 0. The number of rotatable bonds is 4. The second-order valence-corrected chi connectivity index (χ2v) is 9.56. The van der Waals surface area contributed by atoms with E-state index in [-0.39, 0.29) is 0 Å². The van der Waals surface area contributed by atoms with Gasteiger partial charge in [-0.1, -0.05) is 17.7 Å². The SMILES string of the molecule is CCSSP(O)(=S)OC. The van der Waals surface area contributed by atoms with Crippen LogP contribution in [0.1, 0.15) is 6.92 Å². The lowest BCUT2D eigenvalue weighted by molar-refractivity contribution is 0.405. The van der Waals surface area contributed by atoms with Crippen molar-refractivity contribution in [3.8, 4) is 0 Å². The summed E-state index contributed by atoms with van der Waals surface area (Å²) in [5.41, 5.74) is -2.48. The molecule has 0 aliphatic heterocycles. The van der Waals surface area contributed by atoms with Gasteiger partial charge in [-0.2, -0.15) is 0 Å². The van der Waals surface area contributed by atoms with E-state index >= 15 is 0 Å². The minimum absolute atomic E-state index is 0.937. The van der Waals surface area contributed by atoms with Crippen LogP contribution in [-0.2, 0) is 16.3 Å². The van der Waals surface area contributed by atoms with E-state index in [0.29, 0.717) is 0 Å². The molecule has 0 rings (SSSR count). The van der Waals surface area contributed by atoms with Gasteiger partial charge >= 0.3 is 0 Å². The van der Waals surface area contributed by atoms with Crippen LogP contribution >= 0.6 is 26.9 Å². The Morgan fingerprint density at radius 1 is 1.78 bits per heavy atom. The molecule has 6 heteroatoms. The Balaban J connectivity index is 3.46. The summed E-state index contributed by atoms with van der Waals surface area (Å²) in [6, 6.07) is 0. The van der Waals surface area contributed by atoms with Crippen molar-refractivity contribution in [1.82, 2.24) is 0 Å². The lowest BCUT2D eigenvalue weighted by atomic mass is 11.0. The number of hydrogen-bond donors (Lipinski definition) is 1. The first-order valence-electron chi connectivity index (χ1n) is 2.32. The average Bonchev–Trinajstić information content (AvgIpc) is 1.84. The van der Waals surface area contributed by atoms with Gasteiger partial charge in [0.25, 0.3) is 5.69 Å². The lowest BCUT2D eigenvalue weighted by Gasteiger charge is -2.08. The van der Waals surface area contributed by atoms with Crippen molar-refractivity contribution in [1.29, 1.82) is 0 Å². The van der Waals surface area contributed by atoms with E-state index in [4.69, 9.17) is 16.7 Å². The van der Waals surface area contributed by atoms with Gasteiger partial charge in [0.15, 0.2) is 0 Å². The van der Waals surface area contributed by atoms with Gasteiger partial charge in [0.1, 0.15) is 0 Å². The quantitative estimate of drug-likeness (QED) is 0.560. The topological polar surface area (TPSA) is 29.5 Å². The molecule has 0 fully saturated rings. The van der Waals surface area contributed by atoms with E-state index in [0.717, 1.165) is 5.75 Å². The Labute approximate surface area is 68.1 Å². The highest BCUT2D eigenvalue weighted by Gasteiger charge is 2.10. The summed E-state index contributed by atoms with van der Waals surface area (Å²) in [7, 11) is 4.22. The molecule has 2 nitrogen and oxygen atoms in total. The molecule has 0 spiro atoms. The molecule has 0 radical (unpaired) electrons. The molecule has 0 aromatic rings. The number of hydrogen-bond acceptors (Lipinski definition) is 4. The van der Waals surface area contributed by atoms with Gasteiger partial charge in [0, 0.05) is 12.9 Å². The zero-order valence-electron chi connectivity index (χ0n) is 5.23. The molecule has 56 valence electrons. The van der Waals surface area contributed by atoms with Crippen molar-refractivity contribution >= 4 is 38.7 Å². The summed E-state index contributed by atoms with van der Waals surface area (Å²) in [5.74, 6) is 0.937. The van der Waals surface area contributed by atoms with Crippen LogP contribution in [0.5, 0.6) is 0 Å². The largest absolute Gasteiger partial charge is 0.337 e. The van der Waals surface area contributed by atoms with Crippen LogP contribution in [0.2, 0.25) is 0 Å². The van der Waals surface area contributed by atoms with E-state index in [1.54, 1.807) is 0 Å². The maximum atomic E-state index is 9.10. The fourth-order valence-corrected chi connectivity index (χ4v) is 5.20. The van der Waals surface area contributed by atoms with E-state index in [1.165, 1.54) is 28.3 Å². The third-order valence-corrected chi connectivity index (χ3v) is 8.26. The Kier molecular flexibility index (Phi) is 5.70. The molecule has 0 saturated carbocycles. The molecule has 1 N–H and O–H groups in total. The summed E-state index contributed by atoms with van der Waals surface area (Å²) in [6.45, 7) is 2.00. The maximum Gasteiger partial charge on any atom is 0.255 e. The Morgan fingerprint density at radius 3 is 2.67 bits per heavy atom. The zero-order chi connectivity index (χ0) is 7.33. The normalized spacial score (nSPS) is 17.2. The van der Waals surface area contributed by atoms with Crippen LogP contribution in [-0.4, -0.2) is 17.8 Å². The van der Waals surface area contributed by atoms with Gasteiger partial charge in [0.2, 0.25) is 0 Å². The fourth-order valence-electron chi connectivity index (χ4n) is 0.150. The van der Waals surface area contributed by atoms with Gasteiger partial charge < -0.3 is 9.42 Å². The van der Waals surface area contributed by atoms with Crippen LogP contribution in [0.3, 0.4) is 0 Å². The van der Waals surface area contributed by atoms with E-state index < -0.39 is 5.69 Å². The molecule has 0 heterocycles. The summed E-state index contributed by atoms with van der Waals surface area (Å²) >= 11 is 4.70. The highest BCUT2D eigenvalue weighted by Crippen LogP contribution is 2.60. The van der Waals surface area contributed by atoms with Gasteiger partial charge in [-0.15, -0.1) is 0 Å². The molecule has 1 atom stereocenters. The predicted molar refractivity (Wildman–Crippen MR) is 49.2 cm³/mol. The third kappa shape index (κ3) is 5.70. The molecule has 0 bridgehead atoms. The summed E-state index contributed by atoms with van der Waals surface area (Å²) in [6.07, 6.45) is 0. The van der Waals surface area contributed by atoms with Crippen LogP contribution in [0.15, 0.2) is 0 Å². The summed E-state index contributed by atoms with van der Waals surface area (Å²) in [4.78, 5) is 9.10. The van der Waals surface area contributed by atoms with Gasteiger partial charge in [-0.25, -0.2) is 0 Å². The monoisotopic (exact) mass is 204 g/mol. The van der Waals surface area contributed by atoms with Crippen LogP contribution < -0.4 is 0 Å². The highest BCUT2D eigenvalue weighted by molar-refractivity contribution is 9.03. The molecule has 0 aromatic heterocycles. The second kappa shape index (κ2) is 4.99. The first-order valence-corrected chi connectivity index (χ1v) is 7.92. The van der Waals surface area contributed by atoms with Gasteiger partial charge in [-0.05, 0) is 22.2 Å². The zero-order valence-corrected chi connectivity index (χ0v) is 8.58. The van der Waals surface area contributed by atoms with Gasteiger partial charge in [-0.3, -0.25) is 0 Å². The molecule has 1 unspecified atom stereocenters. The summed E-state index contributed by atoms with van der Waals surface area (Å²) < 4.78 is 4.66. The van der Waals surface area contributed by atoms with Crippen molar-refractivity contribution in [2.75, 3.05) is 12.9 Å². The molecule has 0 aromatic carbocycles. The minimum Gasteiger partial charge on any atom is -0.337 e. The van der Waals surface area contributed by atoms with Crippen LogP contribution in [0.25, 0.3) is 0 Å². The molecule has 0 aliphatic carbocycles. The van der Waals surface area contributed by atoms with E-state index in [9.17, 15) is 0 Å². The molecule has 0 aliphatic rings. The minimum atomic E-state index is -2.48. The van der Waals surface area contributed by atoms with E-state index in [1.807, 2.05) is 6.92 Å². The van der Waals surface area contributed by atoms with Crippen molar-refractivity contribution in [3.63, 3.8) is 0 Å². The molecule has 0 amide bonds. The standard InChI is InChI=1S/C3H9O2PS3/c1-3-8-9-6(4,7)5-2/h3H2,1-2H3,(H,4,7). The first-order chi connectivity index (χ1) is 4.12. The third-order valence-electron chi connectivity index (χ3n) is 0.495. The Bertz CT molecular complexity index is 118. The van der Waals surface area contributed by atoms with Crippen LogP contribution in [0.4, 0.5) is 0 Å². The highest BCUT2D eigenvalue weighted by atomic mass is 33.4. The van der Waals surface area contributed by atoms with Crippen molar-refractivity contribution in [2.45, 2.75) is 6.92 Å². The second-order valence-electron chi connectivity index (χ2n) is 1.13. The average molecular weight is 204 g/mol. The van der Waals surface area contributed by atoms with Crippen LogP contribution in [0, 0.1) is 0 Å². The Morgan fingerprint density at radius 2 is 2.33 bits per heavy atom.